The maximum atomic E-state index is 4.39. The number of halogens is 1. The van der Waals surface area contributed by atoms with Crippen molar-refractivity contribution < 1.29 is 0 Å². The van der Waals surface area contributed by atoms with Crippen molar-refractivity contribution in [1.82, 2.24) is 10.2 Å². The molecule has 0 bridgehead atoms. The summed E-state index contributed by atoms with van der Waals surface area (Å²) in [5, 5.41) is 9.87. The minimum Gasteiger partial charge on any atom is -0.371 e. The average molecular weight is 307 g/mol. The molecule has 4 nitrogen and oxygen atoms in total. The molecule has 0 atom stereocenters. The molecule has 0 unspecified atom stereocenters. The van der Waals surface area contributed by atoms with Crippen LogP contribution < -0.4 is 9.80 Å². The van der Waals surface area contributed by atoms with Gasteiger partial charge in [-0.05, 0) is 24.6 Å². The Hall–Kier alpha value is -1.36. The molecule has 2 aromatic rings. The lowest BCUT2D eigenvalue weighted by Crippen LogP contribution is -2.19. The molecular weight excluding hydrogens is 292 g/mol. The van der Waals surface area contributed by atoms with Crippen LogP contribution in [0.1, 0.15) is 6.42 Å². The van der Waals surface area contributed by atoms with Crippen molar-refractivity contribution in [3.05, 3.63) is 22.7 Å². The largest absolute Gasteiger partial charge is 0.371 e. The lowest BCUT2D eigenvalue weighted by atomic mass is 10.2. The van der Waals surface area contributed by atoms with Crippen LogP contribution in [0, 0.1) is 0 Å². The highest BCUT2D eigenvalue weighted by atomic mass is 79.9. The van der Waals surface area contributed by atoms with Gasteiger partial charge >= 0.3 is 0 Å². The van der Waals surface area contributed by atoms with Crippen molar-refractivity contribution >= 4 is 38.3 Å². The van der Waals surface area contributed by atoms with Crippen molar-refractivity contribution in [2.45, 2.75) is 6.42 Å². The van der Waals surface area contributed by atoms with Crippen molar-refractivity contribution in [3.63, 3.8) is 0 Å². The van der Waals surface area contributed by atoms with Gasteiger partial charge < -0.3 is 9.80 Å². The van der Waals surface area contributed by atoms with E-state index in [2.05, 4.69) is 56.1 Å². The van der Waals surface area contributed by atoms with Crippen LogP contribution in [-0.4, -0.2) is 37.4 Å². The third kappa shape index (κ3) is 1.82. The molecule has 1 aliphatic rings. The number of fused-ring (bicyclic) bond motifs is 3. The summed E-state index contributed by atoms with van der Waals surface area (Å²) in [6.07, 6.45) is 1.14. The molecule has 0 saturated heterocycles. The first-order valence-electron chi connectivity index (χ1n) is 6.05. The summed E-state index contributed by atoms with van der Waals surface area (Å²) in [5.74, 6) is 0.973. The Morgan fingerprint density at radius 2 is 1.89 bits per heavy atom. The van der Waals surface area contributed by atoms with Crippen molar-refractivity contribution in [1.29, 1.82) is 0 Å². The summed E-state index contributed by atoms with van der Waals surface area (Å²) in [6, 6.07) is 6.13. The molecule has 0 fully saturated rings. The molecule has 1 aromatic carbocycles. The Balaban J connectivity index is 2.33. The number of hydrogen-bond acceptors (Lipinski definition) is 4. The molecule has 1 aromatic heterocycles. The minimum absolute atomic E-state index is 0.944. The number of hydrogen-bond donors (Lipinski definition) is 0. The third-order valence-corrected chi connectivity index (χ3v) is 3.90. The smallest absolute Gasteiger partial charge is 0.175 e. The molecule has 18 heavy (non-hydrogen) atoms. The monoisotopic (exact) mass is 306 g/mol. The summed E-state index contributed by atoms with van der Waals surface area (Å²) in [4.78, 5) is 4.47. The summed E-state index contributed by atoms with van der Waals surface area (Å²) >= 11 is 3.53. The Morgan fingerprint density at radius 3 is 2.72 bits per heavy atom. The van der Waals surface area contributed by atoms with E-state index in [1.54, 1.807) is 0 Å². The number of rotatable bonds is 0. The van der Waals surface area contributed by atoms with E-state index in [0.29, 0.717) is 0 Å². The SMILES string of the molecule is CN1CCCN(C)c2c1nnc1ccc(Br)cc21. The van der Waals surface area contributed by atoms with Crippen LogP contribution in [0.15, 0.2) is 22.7 Å². The standard InChI is InChI=1S/C13H15BrN4/c1-17-6-3-7-18(2)13-12(17)10-8-9(14)4-5-11(10)15-16-13/h4-5,8H,3,6-7H2,1-2H3. The molecule has 5 heteroatoms. The summed E-state index contributed by atoms with van der Waals surface area (Å²) in [6.45, 7) is 2.07. The van der Waals surface area contributed by atoms with Crippen molar-refractivity contribution in [3.8, 4) is 0 Å². The predicted octanol–water partition coefficient (Wildman–Crippen LogP) is 2.67. The average Bonchev–Trinajstić information content (AvgIpc) is 2.50. The molecule has 0 aliphatic carbocycles. The van der Waals surface area contributed by atoms with Gasteiger partial charge in [-0.2, -0.15) is 0 Å². The van der Waals surface area contributed by atoms with Crippen LogP contribution >= 0.6 is 15.9 Å². The van der Waals surface area contributed by atoms with Crippen LogP contribution in [0.5, 0.6) is 0 Å². The van der Waals surface area contributed by atoms with Gasteiger partial charge in [0.1, 0.15) is 0 Å². The van der Waals surface area contributed by atoms with E-state index in [1.807, 2.05) is 12.1 Å². The number of anilines is 2. The number of nitrogens with zero attached hydrogens (tertiary/aromatic N) is 4. The first-order valence-corrected chi connectivity index (χ1v) is 6.84. The van der Waals surface area contributed by atoms with E-state index >= 15 is 0 Å². The number of benzene rings is 1. The van der Waals surface area contributed by atoms with Crippen LogP contribution in [0.4, 0.5) is 11.5 Å². The molecule has 0 radical (unpaired) electrons. The first-order chi connectivity index (χ1) is 8.66. The van der Waals surface area contributed by atoms with Gasteiger partial charge in [-0.15, -0.1) is 10.2 Å². The molecule has 1 aliphatic heterocycles. The second kappa shape index (κ2) is 4.39. The van der Waals surface area contributed by atoms with E-state index in [-0.39, 0.29) is 0 Å². The molecule has 3 rings (SSSR count). The van der Waals surface area contributed by atoms with Gasteiger partial charge in [-0.1, -0.05) is 15.9 Å². The van der Waals surface area contributed by atoms with Crippen molar-refractivity contribution in [2.24, 2.45) is 0 Å². The first kappa shape index (κ1) is 11.7. The zero-order valence-corrected chi connectivity index (χ0v) is 12.1. The van der Waals surface area contributed by atoms with E-state index in [9.17, 15) is 0 Å². The van der Waals surface area contributed by atoms with Gasteiger partial charge in [0.05, 0.1) is 11.2 Å². The highest BCUT2D eigenvalue weighted by Gasteiger charge is 2.20. The van der Waals surface area contributed by atoms with Crippen LogP contribution in [0.3, 0.4) is 0 Å². The second-order valence-electron chi connectivity index (χ2n) is 4.73. The summed E-state index contributed by atoms with van der Waals surface area (Å²) in [5.41, 5.74) is 2.13. The number of aromatic nitrogens is 2. The Kier molecular flexibility index (Phi) is 2.86. The fraction of sp³-hybridized carbons (Fsp3) is 0.385. The Morgan fingerprint density at radius 1 is 1.11 bits per heavy atom. The van der Waals surface area contributed by atoms with E-state index < -0.39 is 0 Å². The van der Waals surface area contributed by atoms with Gasteiger partial charge in [0, 0.05) is 37.0 Å². The topological polar surface area (TPSA) is 32.3 Å². The second-order valence-corrected chi connectivity index (χ2v) is 5.65. The van der Waals surface area contributed by atoms with E-state index in [1.165, 1.54) is 5.69 Å². The van der Waals surface area contributed by atoms with Gasteiger partial charge in [-0.3, -0.25) is 0 Å². The molecule has 0 amide bonds. The highest BCUT2D eigenvalue weighted by Crippen LogP contribution is 2.35. The normalized spacial score (nSPS) is 15.7. The van der Waals surface area contributed by atoms with Gasteiger partial charge in [0.15, 0.2) is 5.82 Å². The lowest BCUT2D eigenvalue weighted by Gasteiger charge is -2.22. The Bertz CT molecular complexity index is 599. The highest BCUT2D eigenvalue weighted by molar-refractivity contribution is 9.10. The summed E-state index contributed by atoms with van der Waals surface area (Å²) < 4.78 is 1.07. The fourth-order valence-electron chi connectivity index (χ4n) is 2.45. The maximum Gasteiger partial charge on any atom is 0.175 e. The van der Waals surface area contributed by atoms with Crippen LogP contribution in [0.25, 0.3) is 10.9 Å². The molecule has 2 heterocycles. The van der Waals surface area contributed by atoms with E-state index in [0.717, 1.165) is 40.7 Å². The zero-order valence-electron chi connectivity index (χ0n) is 10.5. The lowest BCUT2D eigenvalue weighted by molar-refractivity contribution is 0.786. The quantitative estimate of drug-likeness (QED) is 0.749. The Labute approximate surface area is 115 Å². The van der Waals surface area contributed by atoms with Gasteiger partial charge in [-0.25, -0.2) is 0 Å². The van der Waals surface area contributed by atoms with Crippen molar-refractivity contribution in [2.75, 3.05) is 37.0 Å². The molecule has 0 N–H and O–H groups in total. The molecule has 0 spiro atoms. The van der Waals surface area contributed by atoms with Crippen LogP contribution in [-0.2, 0) is 0 Å². The van der Waals surface area contributed by atoms with E-state index in [4.69, 9.17) is 0 Å². The molecule has 0 saturated carbocycles. The predicted molar refractivity (Wildman–Crippen MR) is 78.4 cm³/mol. The van der Waals surface area contributed by atoms with Gasteiger partial charge in [0.2, 0.25) is 0 Å². The molecular formula is C13H15BrN4. The third-order valence-electron chi connectivity index (χ3n) is 3.41. The minimum atomic E-state index is 0.944. The zero-order chi connectivity index (χ0) is 12.7. The van der Waals surface area contributed by atoms with Crippen LogP contribution in [0.2, 0.25) is 0 Å². The van der Waals surface area contributed by atoms with Gasteiger partial charge in [0.25, 0.3) is 0 Å². The maximum absolute atomic E-state index is 4.39. The molecule has 94 valence electrons. The fourth-order valence-corrected chi connectivity index (χ4v) is 2.81. The summed E-state index contributed by atoms with van der Waals surface area (Å²) in [7, 11) is 4.20.